The molecular formula is C14H25IN6O. The maximum atomic E-state index is 5.60. The molecule has 1 aromatic heterocycles. The Kier molecular flexibility index (Phi) is 6.01. The predicted molar refractivity (Wildman–Crippen MR) is 95.3 cm³/mol. The summed E-state index contributed by atoms with van der Waals surface area (Å²) in [4.78, 5) is 7.08. The van der Waals surface area contributed by atoms with Crippen LogP contribution in [0, 0.1) is 5.41 Å². The molecule has 0 amide bonds. The van der Waals surface area contributed by atoms with E-state index >= 15 is 0 Å². The lowest BCUT2D eigenvalue weighted by atomic mass is 9.87. The van der Waals surface area contributed by atoms with Gasteiger partial charge in [-0.25, -0.2) is 4.99 Å². The minimum atomic E-state index is 0. The number of rotatable bonds is 3. The van der Waals surface area contributed by atoms with Crippen molar-refractivity contribution in [2.24, 2.45) is 17.5 Å². The Balaban J connectivity index is 0.00000176. The number of nitrogens with zero attached hydrogens (tertiary/aromatic N) is 5. The number of halogens is 1. The van der Waals surface area contributed by atoms with E-state index in [1.807, 2.05) is 11.6 Å². The first-order valence-electron chi connectivity index (χ1n) is 7.66. The van der Waals surface area contributed by atoms with Gasteiger partial charge in [-0.2, -0.15) is 0 Å². The van der Waals surface area contributed by atoms with Crippen molar-refractivity contribution in [3.63, 3.8) is 0 Å². The molecule has 22 heavy (non-hydrogen) atoms. The van der Waals surface area contributed by atoms with Crippen LogP contribution in [0.25, 0.3) is 0 Å². The number of aryl methyl sites for hydroxylation is 1. The number of likely N-dealkylation sites (tertiary alicyclic amines) is 1. The summed E-state index contributed by atoms with van der Waals surface area (Å²) in [5.41, 5.74) is 0.348. The minimum Gasteiger partial charge on any atom is -0.381 e. The third kappa shape index (κ3) is 3.70. The van der Waals surface area contributed by atoms with E-state index in [9.17, 15) is 0 Å². The zero-order valence-electron chi connectivity index (χ0n) is 13.3. The highest BCUT2D eigenvalue weighted by Crippen LogP contribution is 2.38. The number of nitrogens with one attached hydrogen (secondary N) is 1. The van der Waals surface area contributed by atoms with Gasteiger partial charge in [0.2, 0.25) is 0 Å². The number of guanidine groups is 1. The highest BCUT2D eigenvalue weighted by Gasteiger charge is 2.42. The molecule has 3 rings (SSSR count). The smallest absolute Gasteiger partial charge is 0.194 e. The second kappa shape index (κ2) is 7.58. The Bertz CT molecular complexity index is 511. The van der Waals surface area contributed by atoms with E-state index in [0.717, 1.165) is 44.6 Å². The number of hydrogen-bond acceptors (Lipinski definition) is 4. The van der Waals surface area contributed by atoms with Crippen molar-refractivity contribution >= 4 is 29.9 Å². The van der Waals surface area contributed by atoms with Crippen LogP contribution in [0.1, 0.15) is 25.6 Å². The molecule has 2 aliphatic rings. The summed E-state index contributed by atoms with van der Waals surface area (Å²) in [6, 6.07) is 0. The quantitative estimate of drug-likeness (QED) is 0.449. The fourth-order valence-corrected chi connectivity index (χ4v) is 3.11. The maximum absolute atomic E-state index is 5.60. The van der Waals surface area contributed by atoms with Crippen LogP contribution < -0.4 is 5.32 Å². The van der Waals surface area contributed by atoms with E-state index in [2.05, 4.69) is 27.3 Å². The summed E-state index contributed by atoms with van der Waals surface area (Å²) in [5, 5.41) is 11.4. The minimum absolute atomic E-state index is 0. The van der Waals surface area contributed by atoms with Crippen molar-refractivity contribution in [3.05, 3.63) is 12.2 Å². The normalized spacial score (nSPS) is 24.8. The molecule has 0 radical (unpaired) electrons. The molecule has 7 nitrogen and oxygen atoms in total. The lowest BCUT2D eigenvalue weighted by molar-refractivity contribution is 0.156. The van der Waals surface area contributed by atoms with Gasteiger partial charge < -0.3 is 19.5 Å². The fourth-order valence-electron chi connectivity index (χ4n) is 3.11. The Hall–Kier alpha value is -0.900. The van der Waals surface area contributed by atoms with Gasteiger partial charge in [-0.15, -0.1) is 34.2 Å². The van der Waals surface area contributed by atoms with Gasteiger partial charge in [0.05, 0.1) is 6.61 Å². The lowest BCUT2D eigenvalue weighted by Gasteiger charge is -2.24. The molecule has 0 saturated carbocycles. The largest absolute Gasteiger partial charge is 0.381 e. The third-order valence-corrected chi connectivity index (χ3v) is 4.43. The van der Waals surface area contributed by atoms with E-state index in [-0.39, 0.29) is 24.0 Å². The average Bonchev–Trinajstić information content (AvgIpc) is 3.19. The number of hydrogen-bond donors (Lipinski definition) is 1. The molecule has 1 N–H and O–H groups in total. The van der Waals surface area contributed by atoms with Gasteiger partial charge in [0, 0.05) is 38.7 Å². The Morgan fingerprint density at radius 3 is 3.00 bits per heavy atom. The van der Waals surface area contributed by atoms with Crippen molar-refractivity contribution in [1.29, 1.82) is 0 Å². The topological polar surface area (TPSA) is 67.6 Å². The monoisotopic (exact) mass is 420 g/mol. The van der Waals surface area contributed by atoms with E-state index in [4.69, 9.17) is 9.73 Å². The van der Waals surface area contributed by atoms with Crippen molar-refractivity contribution in [3.8, 4) is 0 Å². The molecule has 3 heterocycles. The summed E-state index contributed by atoms with van der Waals surface area (Å²) >= 11 is 0. The summed E-state index contributed by atoms with van der Waals surface area (Å²) in [6.07, 6.45) is 4.08. The Morgan fingerprint density at radius 2 is 2.36 bits per heavy atom. The fraction of sp³-hybridized carbons (Fsp3) is 0.786. The molecule has 0 bridgehead atoms. The molecule has 2 aliphatic heterocycles. The molecule has 2 fully saturated rings. The molecule has 1 aromatic rings. The number of ether oxygens (including phenoxy) is 1. The molecule has 124 valence electrons. The Labute approximate surface area is 148 Å². The van der Waals surface area contributed by atoms with Gasteiger partial charge in [0.25, 0.3) is 0 Å². The lowest BCUT2D eigenvalue weighted by Crippen LogP contribution is -2.41. The van der Waals surface area contributed by atoms with Crippen molar-refractivity contribution in [2.45, 2.75) is 26.3 Å². The highest BCUT2D eigenvalue weighted by molar-refractivity contribution is 14.0. The first kappa shape index (κ1) is 17.5. The van der Waals surface area contributed by atoms with Gasteiger partial charge >= 0.3 is 0 Å². The van der Waals surface area contributed by atoms with E-state index in [1.54, 1.807) is 6.33 Å². The third-order valence-electron chi connectivity index (χ3n) is 4.43. The van der Waals surface area contributed by atoms with Crippen LogP contribution in [-0.4, -0.2) is 58.5 Å². The maximum Gasteiger partial charge on any atom is 0.194 e. The first-order valence-corrected chi connectivity index (χ1v) is 7.66. The summed E-state index contributed by atoms with van der Waals surface area (Å²) in [7, 11) is 1.94. The molecule has 0 aliphatic carbocycles. The molecule has 2 saturated heterocycles. The van der Waals surface area contributed by atoms with Crippen LogP contribution in [0.15, 0.2) is 11.3 Å². The molecular weight excluding hydrogens is 395 g/mol. The molecule has 0 aromatic carbocycles. The van der Waals surface area contributed by atoms with Crippen LogP contribution in [-0.2, 0) is 18.3 Å². The van der Waals surface area contributed by atoms with Crippen LogP contribution >= 0.6 is 24.0 Å². The Morgan fingerprint density at radius 1 is 1.50 bits per heavy atom. The summed E-state index contributed by atoms with van der Waals surface area (Å²) < 4.78 is 7.50. The molecule has 1 unspecified atom stereocenters. The van der Waals surface area contributed by atoms with Gasteiger partial charge in [-0.1, -0.05) is 0 Å². The summed E-state index contributed by atoms with van der Waals surface area (Å²) in [5.74, 6) is 1.85. The number of aliphatic imine (C=N–C) groups is 1. The second-order valence-electron chi connectivity index (χ2n) is 6.00. The molecule has 1 atom stereocenters. The SMILES string of the molecule is CCNC(=NCc1nncn1C)N1CCC2(CCOC2)C1.I. The highest BCUT2D eigenvalue weighted by atomic mass is 127. The summed E-state index contributed by atoms with van der Waals surface area (Å²) in [6.45, 7) is 7.41. The van der Waals surface area contributed by atoms with E-state index < -0.39 is 0 Å². The second-order valence-corrected chi connectivity index (χ2v) is 6.00. The average molecular weight is 420 g/mol. The van der Waals surface area contributed by atoms with Crippen molar-refractivity contribution in [1.82, 2.24) is 25.0 Å². The van der Waals surface area contributed by atoms with E-state index in [0.29, 0.717) is 12.0 Å². The first-order chi connectivity index (χ1) is 10.2. The zero-order chi connectivity index (χ0) is 14.7. The van der Waals surface area contributed by atoms with Gasteiger partial charge in [-0.05, 0) is 19.8 Å². The van der Waals surface area contributed by atoms with E-state index in [1.165, 1.54) is 12.8 Å². The van der Waals surface area contributed by atoms with Crippen LogP contribution in [0.5, 0.6) is 0 Å². The van der Waals surface area contributed by atoms with Crippen LogP contribution in [0.2, 0.25) is 0 Å². The number of aromatic nitrogens is 3. The molecule has 1 spiro atoms. The van der Waals surface area contributed by atoms with Gasteiger partial charge in [-0.3, -0.25) is 0 Å². The van der Waals surface area contributed by atoms with Crippen LogP contribution in [0.4, 0.5) is 0 Å². The van der Waals surface area contributed by atoms with Gasteiger partial charge in [0.15, 0.2) is 11.8 Å². The zero-order valence-corrected chi connectivity index (χ0v) is 15.6. The van der Waals surface area contributed by atoms with Crippen LogP contribution in [0.3, 0.4) is 0 Å². The van der Waals surface area contributed by atoms with Crippen molar-refractivity contribution in [2.75, 3.05) is 32.8 Å². The molecule has 8 heteroatoms. The standard InChI is InChI=1S/C14H24N6O.HI/c1-3-15-13(16-8-12-18-17-11-19(12)2)20-6-4-14(9-20)5-7-21-10-14;/h11H,3-10H2,1-2H3,(H,15,16);1H. The predicted octanol–water partition coefficient (Wildman–Crippen LogP) is 1.01. The van der Waals surface area contributed by atoms with Gasteiger partial charge in [0.1, 0.15) is 12.9 Å². The van der Waals surface area contributed by atoms with Crippen molar-refractivity contribution < 1.29 is 4.74 Å².